The van der Waals surface area contributed by atoms with Gasteiger partial charge in [0.25, 0.3) is 5.91 Å². The van der Waals surface area contributed by atoms with Gasteiger partial charge >= 0.3 is 0 Å². The van der Waals surface area contributed by atoms with Crippen molar-refractivity contribution in [2.45, 2.75) is 37.8 Å². The van der Waals surface area contributed by atoms with Gasteiger partial charge in [-0.25, -0.2) is 8.42 Å². The summed E-state index contributed by atoms with van der Waals surface area (Å²) in [5, 5.41) is 5.35. The fourth-order valence-electron chi connectivity index (χ4n) is 2.62. The van der Waals surface area contributed by atoms with Crippen molar-refractivity contribution in [3.8, 4) is 0 Å². The van der Waals surface area contributed by atoms with Crippen molar-refractivity contribution in [3.63, 3.8) is 0 Å². The zero-order valence-electron chi connectivity index (χ0n) is 16.5. The molecule has 0 aromatic heterocycles. The van der Waals surface area contributed by atoms with Gasteiger partial charge in [-0.05, 0) is 51.1 Å². The first-order valence-corrected chi connectivity index (χ1v) is 10.9. The van der Waals surface area contributed by atoms with Crippen molar-refractivity contribution in [2.24, 2.45) is 0 Å². The Bertz CT molecular complexity index is 915. The summed E-state index contributed by atoms with van der Waals surface area (Å²) >= 11 is 6.18. The van der Waals surface area contributed by atoms with Crippen LogP contribution in [-0.4, -0.2) is 38.3 Å². The third kappa shape index (κ3) is 5.54. The summed E-state index contributed by atoms with van der Waals surface area (Å²) in [4.78, 5) is 12.4. The Kier molecular flexibility index (Phi) is 7.60. The van der Waals surface area contributed by atoms with Crippen molar-refractivity contribution >= 4 is 33.2 Å². The number of anilines is 1. The van der Waals surface area contributed by atoms with Crippen LogP contribution < -0.4 is 10.6 Å². The lowest BCUT2D eigenvalue weighted by Crippen LogP contribution is -2.86. The summed E-state index contributed by atoms with van der Waals surface area (Å²) in [7, 11) is -1.99. The van der Waals surface area contributed by atoms with Crippen LogP contribution in [0.2, 0.25) is 5.02 Å². The lowest BCUT2D eigenvalue weighted by atomic mass is 10.1. The van der Waals surface area contributed by atoms with Crippen molar-refractivity contribution in [2.75, 3.05) is 18.9 Å². The zero-order chi connectivity index (χ0) is 20.9. The van der Waals surface area contributed by atoms with E-state index in [9.17, 15) is 13.2 Å². The second kappa shape index (κ2) is 9.52. The van der Waals surface area contributed by atoms with E-state index >= 15 is 0 Å². The number of sulfonamides is 1. The number of halogens is 1. The number of carbonyl (C=O) groups excluding carboxylic acids is 1. The molecule has 3 N–H and O–H groups in total. The van der Waals surface area contributed by atoms with E-state index in [-0.39, 0.29) is 29.4 Å². The molecule has 0 heterocycles. The third-order valence-corrected chi connectivity index (χ3v) is 6.99. The predicted molar refractivity (Wildman–Crippen MR) is 112 cm³/mol. The maximum atomic E-state index is 12.5. The molecular formula is C20H27ClN3O3S+. The Balaban J connectivity index is 1.95. The third-order valence-electron chi connectivity index (χ3n) is 4.59. The molecule has 8 heteroatoms. The minimum atomic E-state index is -3.54. The summed E-state index contributed by atoms with van der Waals surface area (Å²) in [6.07, 6.45) is 0. The van der Waals surface area contributed by atoms with Gasteiger partial charge in [0.1, 0.15) is 6.04 Å². The number of hydrogen-bond donors (Lipinski definition) is 2. The summed E-state index contributed by atoms with van der Waals surface area (Å²) in [5.74, 6) is -0.172. The van der Waals surface area contributed by atoms with Gasteiger partial charge in [0, 0.05) is 29.4 Å². The Morgan fingerprint density at radius 3 is 2.29 bits per heavy atom. The highest BCUT2D eigenvalue weighted by atomic mass is 35.5. The molecule has 0 aliphatic heterocycles. The van der Waals surface area contributed by atoms with Crippen LogP contribution in [0.1, 0.15) is 32.4 Å². The standard InChI is InChI=1S/C20H26ClN3O3S/c1-14(2)24(4)28(26,27)17-11-9-16(10-12-17)23-20(25)13-22-15(3)18-7-5-6-8-19(18)21/h5-12,14-15,22H,13H2,1-4H3,(H,23,25)/p+1/t15-/m1/s1. The van der Waals surface area contributed by atoms with Crippen LogP contribution in [0.3, 0.4) is 0 Å². The van der Waals surface area contributed by atoms with Crippen LogP contribution in [0.4, 0.5) is 5.69 Å². The van der Waals surface area contributed by atoms with Crippen LogP contribution in [0.25, 0.3) is 0 Å². The molecule has 0 saturated carbocycles. The monoisotopic (exact) mass is 424 g/mol. The van der Waals surface area contributed by atoms with Crippen molar-refractivity contribution in [3.05, 3.63) is 59.1 Å². The first-order valence-electron chi connectivity index (χ1n) is 9.08. The number of benzene rings is 2. The van der Waals surface area contributed by atoms with E-state index in [1.54, 1.807) is 19.2 Å². The second-order valence-electron chi connectivity index (χ2n) is 6.94. The first kappa shape index (κ1) is 22.4. The molecule has 0 fully saturated rings. The highest BCUT2D eigenvalue weighted by molar-refractivity contribution is 7.89. The number of quaternary nitrogens is 1. The number of nitrogens with zero attached hydrogens (tertiary/aromatic N) is 1. The fourth-order valence-corrected chi connectivity index (χ4v) is 4.30. The van der Waals surface area contributed by atoms with E-state index in [1.807, 2.05) is 50.4 Å². The van der Waals surface area contributed by atoms with E-state index in [0.29, 0.717) is 10.7 Å². The molecule has 2 aromatic carbocycles. The molecule has 0 saturated heterocycles. The lowest BCUT2D eigenvalue weighted by molar-refractivity contribution is -0.682. The van der Waals surface area contributed by atoms with Crippen LogP contribution >= 0.6 is 11.6 Å². The van der Waals surface area contributed by atoms with E-state index in [0.717, 1.165) is 5.56 Å². The van der Waals surface area contributed by atoms with Crippen molar-refractivity contribution in [1.29, 1.82) is 0 Å². The van der Waals surface area contributed by atoms with Gasteiger partial charge in [-0.1, -0.05) is 29.8 Å². The Labute approximate surface area is 171 Å². The summed E-state index contributed by atoms with van der Waals surface area (Å²) in [6.45, 7) is 5.83. The first-order chi connectivity index (χ1) is 13.1. The highest BCUT2D eigenvalue weighted by Crippen LogP contribution is 2.20. The van der Waals surface area contributed by atoms with Crippen molar-refractivity contribution in [1.82, 2.24) is 4.31 Å². The van der Waals surface area contributed by atoms with Gasteiger partial charge < -0.3 is 10.6 Å². The van der Waals surface area contributed by atoms with Crippen LogP contribution in [-0.2, 0) is 14.8 Å². The number of hydrogen-bond acceptors (Lipinski definition) is 3. The van der Waals surface area contributed by atoms with E-state index in [2.05, 4.69) is 5.32 Å². The molecule has 0 aliphatic carbocycles. The van der Waals surface area contributed by atoms with E-state index in [4.69, 9.17) is 11.6 Å². The van der Waals surface area contributed by atoms with Gasteiger partial charge in [0.2, 0.25) is 10.0 Å². The van der Waals surface area contributed by atoms with Crippen molar-refractivity contribution < 1.29 is 18.5 Å². The number of carbonyl (C=O) groups is 1. The predicted octanol–water partition coefficient (Wildman–Crippen LogP) is 2.63. The Morgan fingerprint density at radius 1 is 1.11 bits per heavy atom. The van der Waals surface area contributed by atoms with Crippen LogP contribution in [0, 0.1) is 0 Å². The number of rotatable bonds is 8. The van der Waals surface area contributed by atoms with Crippen LogP contribution in [0.15, 0.2) is 53.4 Å². The van der Waals surface area contributed by atoms with Gasteiger partial charge in [-0.15, -0.1) is 0 Å². The lowest BCUT2D eigenvalue weighted by Gasteiger charge is -2.21. The molecule has 1 atom stereocenters. The largest absolute Gasteiger partial charge is 0.332 e. The van der Waals surface area contributed by atoms with Gasteiger partial charge in [0.15, 0.2) is 6.54 Å². The van der Waals surface area contributed by atoms with E-state index in [1.165, 1.54) is 16.4 Å². The van der Waals surface area contributed by atoms with Gasteiger partial charge in [-0.2, -0.15) is 4.31 Å². The molecule has 2 aromatic rings. The smallest absolute Gasteiger partial charge is 0.279 e. The van der Waals surface area contributed by atoms with Gasteiger partial charge in [-0.3, -0.25) is 4.79 Å². The average molecular weight is 425 g/mol. The minimum Gasteiger partial charge on any atom is -0.332 e. The Hall–Kier alpha value is -1.93. The van der Waals surface area contributed by atoms with Crippen LogP contribution in [0.5, 0.6) is 0 Å². The highest BCUT2D eigenvalue weighted by Gasteiger charge is 2.23. The van der Waals surface area contributed by atoms with Gasteiger partial charge in [0.05, 0.1) is 4.90 Å². The molecule has 0 spiro atoms. The number of nitrogens with one attached hydrogen (secondary N) is 1. The second-order valence-corrected chi connectivity index (χ2v) is 9.34. The normalized spacial score (nSPS) is 13.0. The molecule has 1 amide bonds. The average Bonchev–Trinajstić information content (AvgIpc) is 2.66. The summed E-state index contributed by atoms with van der Waals surface area (Å²) in [6, 6.07) is 13.6. The SMILES string of the molecule is CC(C)N(C)S(=O)(=O)c1ccc(NC(=O)C[NH2+][C@H](C)c2ccccc2Cl)cc1. The maximum absolute atomic E-state index is 12.5. The molecule has 0 radical (unpaired) electrons. The Morgan fingerprint density at radius 2 is 1.71 bits per heavy atom. The molecule has 2 rings (SSSR count). The number of nitrogens with two attached hydrogens (primary N) is 1. The molecule has 0 bridgehead atoms. The fraction of sp³-hybridized carbons (Fsp3) is 0.350. The molecule has 28 heavy (non-hydrogen) atoms. The van der Waals surface area contributed by atoms with E-state index < -0.39 is 10.0 Å². The molecule has 152 valence electrons. The summed E-state index contributed by atoms with van der Waals surface area (Å²) in [5.41, 5.74) is 1.52. The number of amides is 1. The zero-order valence-corrected chi connectivity index (χ0v) is 18.1. The summed E-state index contributed by atoms with van der Waals surface area (Å²) < 4.78 is 26.3. The quantitative estimate of drug-likeness (QED) is 0.683. The molecule has 0 aliphatic rings. The maximum Gasteiger partial charge on any atom is 0.279 e. The minimum absolute atomic E-state index is 0.0403. The molecule has 6 nitrogen and oxygen atoms in total. The molecule has 0 unspecified atom stereocenters. The topological polar surface area (TPSA) is 83.1 Å². The molecular weight excluding hydrogens is 398 g/mol.